The van der Waals surface area contributed by atoms with Crippen LogP contribution in [0, 0.1) is 6.92 Å². The molecule has 0 aliphatic heterocycles. The minimum absolute atomic E-state index is 0.199. The predicted molar refractivity (Wildman–Crippen MR) is 76.4 cm³/mol. The molecule has 0 N–H and O–H groups in total. The Bertz CT molecular complexity index is 543. The van der Waals surface area contributed by atoms with Crippen LogP contribution in [0.1, 0.15) is 29.3 Å². The van der Waals surface area contributed by atoms with E-state index < -0.39 is 0 Å². The van der Waals surface area contributed by atoms with Gasteiger partial charge in [-0.2, -0.15) is 0 Å². The number of ketones is 1. The van der Waals surface area contributed by atoms with Crippen molar-refractivity contribution in [1.82, 2.24) is 0 Å². The number of aryl methyl sites for hydroxylation is 1. The summed E-state index contributed by atoms with van der Waals surface area (Å²) in [7, 11) is 0. The fraction of sp³-hybridized carbons (Fsp3) is 0.188. The Balaban J connectivity index is 2.28. The normalized spacial score (nSPS) is 10.3. The molecule has 0 aliphatic rings. The first kappa shape index (κ1) is 12.9. The van der Waals surface area contributed by atoms with Gasteiger partial charge in [0.05, 0.1) is 0 Å². The molecule has 0 heterocycles. The largest absolute Gasteiger partial charge is 0.294 e. The maximum absolute atomic E-state index is 11.9. The fourth-order valence-electron chi connectivity index (χ4n) is 1.71. The molecule has 0 saturated heterocycles. The van der Waals surface area contributed by atoms with Crippen molar-refractivity contribution >= 4 is 17.5 Å². The van der Waals surface area contributed by atoms with Crippen molar-refractivity contribution in [2.24, 2.45) is 0 Å². The first-order valence-corrected chi connectivity index (χ1v) is 6.89. The van der Waals surface area contributed by atoms with E-state index in [2.05, 4.69) is 31.2 Å². The van der Waals surface area contributed by atoms with Crippen LogP contribution in [-0.4, -0.2) is 5.78 Å². The number of rotatable bonds is 4. The highest BCUT2D eigenvalue weighted by molar-refractivity contribution is 7.99. The van der Waals surface area contributed by atoms with Crippen molar-refractivity contribution in [1.29, 1.82) is 0 Å². The Morgan fingerprint density at radius 2 is 1.72 bits per heavy atom. The molecule has 2 aromatic rings. The van der Waals surface area contributed by atoms with Crippen LogP contribution in [0.5, 0.6) is 0 Å². The van der Waals surface area contributed by atoms with Crippen LogP contribution in [0.3, 0.4) is 0 Å². The van der Waals surface area contributed by atoms with E-state index in [0.717, 1.165) is 15.4 Å². The molecule has 0 spiro atoms. The molecular formula is C16H16OS. The average Bonchev–Trinajstić information content (AvgIpc) is 2.41. The average molecular weight is 256 g/mol. The maximum atomic E-state index is 11.9. The zero-order valence-corrected chi connectivity index (χ0v) is 11.5. The van der Waals surface area contributed by atoms with Gasteiger partial charge < -0.3 is 0 Å². The molecule has 0 unspecified atom stereocenters. The smallest absolute Gasteiger partial charge is 0.163 e. The van der Waals surface area contributed by atoms with Crippen molar-refractivity contribution in [2.75, 3.05) is 0 Å². The van der Waals surface area contributed by atoms with E-state index in [1.807, 2.05) is 31.2 Å². The van der Waals surface area contributed by atoms with Crippen LogP contribution in [-0.2, 0) is 0 Å². The van der Waals surface area contributed by atoms with Crippen LogP contribution in [0.15, 0.2) is 58.3 Å². The lowest BCUT2D eigenvalue weighted by Gasteiger charge is -2.07. The van der Waals surface area contributed by atoms with Crippen LogP contribution < -0.4 is 0 Å². The van der Waals surface area contributed by atoms with Crippen molar-refractivity contribution < 1.29 is 4.79 Å². The van der Waals surface area contributed by atoms with Crippen molar-refractivity contribution in [3.63, 3.8) is 0 Å². The third-order valence-electron chi connectivity index (χ3n) is 2.76. The van der Waals surface area contributed by atoms with Gasteiger partial charge in [-0.25, -0.2) is 0 Å². The SMILES string of the molecule is CCC(=O)c1ccccc1Sc1ccc(C)cc1. The van der Waals surface area contributed by atoms with E-state index in [-0.39, 0.29) is 5.78 Å². The monoisotopic (exact) mass is 256 g/mol. The molecule has 0 radical (unpaired) electrons. The summed E-state index contributed by atoms with van der Waals surface area (Å²) in [5, 5.41) is 0. The van der Waals surface area contributed by atoms with Crippen LogP contribution in [0.25, 0.3) is 0 Å². The van der Waals surface area contributed by atoms with Gasteiger partial charge in [-0.3, -0.25) is 4.79 Å². The molecule has 0 saturated carbocycles. The Morgan fingerprint density at radius 1 is 1.06 bits per heavy atom. The summed E-state index contributed by atoms with van der Waals surface area (Å²) in [6.07, 6.45) is 0.547. The maximum Gasteiger partial charge on any atom is 0.163 e. The highest BCUT2D eigenvalue weighted by Crippen LogP contribution is 2.31. The van der Waals surface area contributed by atoms with E-state index >= 15 is 0 Å². The number of hydrogen-bond donors (Lipinski definition) is 0. The molecule has 0 aromatic heterocycles. The van der Waals surface area contributed by atoms with E-state index in [9.17, 15) is 4.79 Å². The molecule has 18 heavy (non-hydrogen) atoms. The topological polar surface area (TPSA) is 17.1 Å². The Kier molecular flexibility index (Phi) is 4.21. The first-order chi connectivity index (χ1) is 8.70. The van der Waals surface area contributed by atoms with Gasteiger partial charge >= 0.3 is 0 Å². The summed E-state index contributed by atoms with van der Waals surface area (Å²) in [5.74, 6) is 0.199. The van der Waals surface area contributed by atoms with Crippen LogP contribution in [0.2, 0.25) is 0 Å². The molecule has 2 rings (SSSR count). The van der Waals surface area contributed by atoms with Gasteiger partial charge in [-0.1, -0.05) is 54.6 Å². The van der Waals surface area contributed by atoms with Gasteiger partial charge in [-0.15, -0.1) is 0 Å². The number of carbonyl (C=O) groups excluding carboxylic acids is 1. The van der Waals surface area contributed by atoms with E-state index in [4.69, 9.17) is 0 Å². The van der Waals surface area contributed by atoms with Gasteiger partial charge in [0.25, 0.3) is 0 Å². The molecule has 92 valence electrons. The zero-order valence-electron chi connectivity index (χ0n) is 10.6. The zero-order chi connectivity index (χ0) is 13.0. The summed E-state index contributed by atoms with van der Waals surface area (Å²) in [6, 6.07) is 16.2. The molecular weight excluding hydrogens is 240 g/mol. The Morgan fingerprint density at radius 3 is 2.39 bits per heavy atom. The number of carbonyl (C=O) groups is 1. The molecule has 1 nitrogen and oxygen atoms in total. The van der Waals surface area contributed by atoms with Crippen molar-refractivity contribution in [2.45, 2.75) is 30.1 Å². The van der Waals surface area contributed by atoms with Gasteiger partial charge in [0.1, 0.15) is 0 Å². The number of benzene rings is 2. The summed E-state index contributed by atoms with van der Waals surface area (Å²) < 4.78 is 0. The van der Waals surface area contributed by atoms with Gasteiger partial charge in [0.2, 0.25) is 0 Å². The number of Topliss-reactive ketones (excluding diaryl/α,β-unsaturated/α-hetero) is 1. The molecule has 0 fully saturated rings. The quantitative estimate of drug-likeness (QED) is 0.735. The van der Waals surface area contributed by atoms with Crippen LogP contribution in [0.4, 0.5) is 0 Å². The highest BCUT2D eigenvalue weighted by atomic mass is 32.2. The molecule has 0 bridgehead atoms. The second kappa shape index (κ2) is 5.87. The lowest BCUT2D eigenvalue weighted by atomic mass is 10.1. The third kappa shape index (κ3) is 3.02. The van der Waals surface area contributed by atoms with Crippen LogP contribution >= 0.6 is 11.8 Å². The predicted octanol–water partition coefficient (Wildman–Crippen LogP) is 4.74. The molecule has 2 aromatic carbocycles. The minimum Gasteiger partial charge on any atom is -0.294 e. The molecule has 0 aliphatic carbocycles. The highest BCUT2D eigenvalue weighted by Gasteiger charge is 2.09. The van der Waals surface area contributed by atoms with Crippen molar-refractivity contribution in [3.05, 3.63) is 59.7 Å². The third-order valence-corrected chi connectivity index (χ3v) is 3.84. The van der Waals surface area contributed by atoms with E-state index in [1.54, 1.807) is 11.8 Å². The number of hydrogen-bond acceptors (Lipinski definition) is 2. The molecule has 0 atom stereocenters. The lowest BCUT2D eigenvalue weighted by Crippen LogP contribution is -1.98. The fourth-order valence-corrected chi connectivity index (χ4v) is 2.67. The Hall–Kier alpha value is -1.54. The molecule has 2 heteroatoms. The first-order valence-electron chi connectivity index (χ1n) is 6.07. The second-order valence-electron chi connectivity index (χ2n) is 4.19. The molecule has 0 amide bonds. The van der Waals surface area contributed by atoms with Gasteiger partial charge in [-0.05, 0) is 25.1 Å². The summed E-state index contributed by atoms with van der Waals surface area (Å²) >= 11 is 1.65. The summed E-state index contributed by atoms with van der Waals surface area (Å²) in [6.45, 7) is 3.97. The summed E-state index contributed by atoms with van der Waals surface area (Å²) in [4.78, 5) is 14.1. The van der Waals surface area contributed by atoms with Gasteiger partial charge in [0, 0.05) is 21.8 Å². The standard InChI is InChI=1S/C16H16OS/c1-3-15(17)14-6-4-5-7-16(14)18-13-10-8-12(2)9-11-13/h4-11H,3H2,1-2H3. The summed E-state index contributed by atoms with van der Waals surface area (Å²) in [5.41, 5.74) is 2.07. The minimum atomic E-state index is 0.199. The van der Waals surface area contributed by atoms with Gasteiger partial charge in [0.15, 0.2) is 5.78 Å². The van der Waals surface area contributed by atoms with E-state index in [0.29, 0.717) is 6.42 Å². The Labute approximate surface area is 112 Å². The van der Waals surface area contributed by atoms with Crippen molar-refractivity contribution in [3.8, 4) is 0 Å². The lowest BCUT2D eigenvalue weighted by molar-refractivity contribution is 0.0985. The second-order valence-corrected chi connectivity index (χ2v) is 5.30. The van der Waals surface area contributed by atoms with E-state index in [1.165, 1.54) is 5.56 Å².